The first-order chi connectivity index (χ1) is 7.06. The molecule has 0 aliphatic carbocycles. The molecule has 0 fully saturated rings. The number of methoxy groups -OCH3 is 1. The predicted molar refractivity (Wildman–Crippen MR) is 54.0 cm³/mol. The lowest BCUT2D eigenvalue weighted by atomic mass is 10.7. The predicted octanol–water partition coefficient (Wildman–Crippen LogP) is 2.00. The van der Waals surface area contributed by atoms with Gasteiger partial charge in [-0.25, -0.2) is 4.57 Å². The summed E-state index contributed by atoms with van der Waals surface area (Å²) in [4.78, 5) is 0. The van der Waals surface area contributed by atoms with Gasteiger partial charge in [-0.15, -0.1) is 4.20 Å². The summed E-state index contributed by atoms with van der Waals surface area (Å²) < 4.78 is 41.3. The highest BCUT2D eigenvalue weighted by molar-refractivity contribution is 7.81. The van der Waals surface area contributed by atoms with Crippen LogP contribution in [0.2, 0.25) is 0 Å². The highest BCUT2D eigenvalue weighted by atomic mass is 35.7. The topological polar surface area (TPSA) is 54.0 Å². The Morgan fingerprint density at radius 2 is 1.53 bits per heavy atom. The Balaban J connectivity index is 3.02. The fourth-order valence-corrected chi connectivity index (χ4v) is 1.16. The third-order valence-electron chi connectivity index (χ3n) is 1.27. The van der Waals surface area contributed by atoms with Crippen LogP contribution in [0.15, 0.2) is 0 Å². The van der Waals surface area contributed by atoms with E-state index in [4.69, 9.17) is 25.5 Å². The molecule has 0 heterocycles. The lowest BCUT2D eigenvalue weighted by Gasteiger charge is -2.05. The summed E-state index contributed by atoms with van der Waals surface area (Å²) in [5.41, 5.74) is 0. The molecule has 0 aliphatic heterocycles. The average Bonchev–Trinajstić information content (AvgIpc) is 2.14. The van der Waals surface area contributed by atoms with Crippen LogP contribution in [0, 0.1) is 0 Å². The molecule has 1 atom stereocenters. The fraction of sp³-hybridized carbons (Fsp3) is 1.00. The van der Waals surface area contributed by atoms with Crippen LogP contribution >= 0.6 is 18.3 Å². The summed E-state index contributed by atoms with van der Waals surface area (Å²) in [6, 6.07) is 0. The Bertz CT molecular complexity index is 188. The van der Waals surface area contributed by atoms with E-state index in [2.05, 4.69) is 4.52 Å². The van der Waals surface area contributed by atoms with E-state index in [-0.39, 0.29) is 13.2 Å². The molecular formula is C7H15ClFO5P. The molecule has 0 N–H and O–H groups in total. The van der Waals surface area contributed by atoms with Crippen LogP contribution < -0.4 is 0 Å². The zero-order chi connectivity index (χ0) is 11.6. The summed E-state index contributed by atoms with van der Waals surface area (Å²) in [6.45, 7) is 1.77. The van der Waals surface area contributed by atoms with Crippen molar-refractivity contribution in [1.29, 1.82) is 0 Å². The second-order valence-electron chi connectivity index (χ2n) is 2.47. The molecule has 0 aliphatic rings. The van der Waals surface area contributed by atoms with Gasteiger partial charge in [0.25, 0.3) is 0 Å². The standard InChI is InChI=1S/C7H15ClFO5P/c1-11-2-3-12-4-5-13-6-7-14-15(8,9)10/h2-7H2,1H3. The van der Waals surface area contributed by atoms with Gasteiger partial charge >= 0.3 is 7.03 Å². The SMILES string of the molecule is COCCOCCOCCOP(=O)(F)Cl. The summed E-state index contributed by atoms with van der Waals surface area (Å²) >= 11 is 4.70. The maximum atomic E-state index is 12.1. The molecule has 92 valence electrons. The highest BCUT2D eigenvalue weighted by Crippen LogP contribution is 2.53. The zero-order valence-electron chi connectivity index (χ0n) is 8.49. The van der Waals surface area contributed by atoms with Gasteiger partial charge in [-0.1, -0.05) is 0 Å². The maximum Gasteiger partial charge on any atom is 0.461 e. The molecule has 0 aromatic carbocycles. The van der Waals surface area contributed by atoms with Crippen LogP contribution in [0.3, 0.4) is 0 Å². The molecule has 0 amide bonds. The summed E-state index contributed by atoms with van der Waals surface area (Å²) in [5, 5.41) is 0. The summed E-state index contributed by atoms with van der Waals surface area (Å²) in [7, 11) is -2.81. The van der Waals surface area contributed by atoms with E-state index < -0.39 is 7.03 Å². The summed E-state index contributed by atoms with van der Waals surface area (Å²) in [6.07, 6.45) is 0. The third-order valence-corrected chi connectivity index (χ3v) is 2.05. The maximum absolute atomic E-state index is 12.1. The molecule has 0 spiro atoms. The van der Waals surface area contributed by atoms with Crippen LogP contribution in [0.4, 0.5) is 4.20 Å². The second kappa shape index (κ2) is 9.51. The third kappa shape index (κ3) is 14.3. The van der Waals surface area contributed by atoms with Gasteiger partial charge in [0.2, 0.25) is 0 Å². The van der Waals surface area contributed by atoms with Crippen molar-refractivity contribution in [3.05, 3.63) is 0 Å². The van der Waals surface area contributed by atoms with E-state index in [1.165, 1.54) is 0 Å². The molecule has 0 saturated carbocycles. The van der Waals surface area contributed by atoms with Crippen LogP contribution in [0.25, 0.3) is 0 Å². The monoisotopic (exact) mass is 264 g/mol. The number of rotatable bonds is 10. The lowest BCUT2D eigenvalue weighted by Crippen LogP contribution is -2.10. The molecule has 0 aromatic heterocycles. The zero-order valence-corrected chi connectivity index (χ0v) is 10.1. The van der Waals surface area contributed by atoms with Gasteiger partial charge in [0.1, 0.15) is 0 Å². The Labute approximate surface area is 93.1 Å². The Morgan fingerprint density at radius 1 is 1.07 bits per heavy atom. The summed E-state index contributed by atoms with van der Waals surface area (Å²) in [5.74, 6) is 0. The fourth-order valence-electron chi connectivity index (χ4n) is 0.667. The van der Waals surface area contributed by atoms with Gasteiger partial charge < -0.3 is 14.2 Å². The highest BCUT2D eigenvalue weighted by Gasteiger charge is 2.15. The van der Waals surface area contributed by atoms with Gasteiger partial charge in [-0.3, -0.25) is 4.52 Å². The van der Waals surface area contributed by atoms with Gasteiger partial charge in [-0.2, -0.15) is 0 Å². The van der Waals surface area contributed by atoms with Gasteiger partial charge in [0.15, 0.2) is 0 Å². The quantitative estimate of drug-likeness (QED) is 0.446. The number of ether oxygens (including phenoxy) is 3. The van der Waals surface area contributed by atoms with E-state index in [0.717, 1.165) is 0 Å². The van der Waals surface area contributed by atoms with Crippen LogP contribution in [0.1, 0.15) is 0 Å². The van der Waals surface area contributed by atoms with E-state index in [9.17, 15) is 8.76 Å². The first-order valence-electron chi connectivity index (χ1n) is 4.34. The molecule has 8 heteroatoms. The van der Waals surface area contributed by atoms with E-state index in [1.807, 2.05) is 0 Å². The average molecular weight is 265 g/mol. The number of halogens is 2. The Morgan fingerprint density at radius 3 is 2.00 bits per heavy atom. The lowest BCUT2D eigenvalue weighted by molar-refractivity contribution is 0.0179. The van der Waals surface area contributed by atoms with Crippen molar-refractivity contribution in [2.75, 3.05) is 46.8 Å². The minimum atomic E-state index is -4.39. The van der Waals surface area contributed by atoms with Crippen LogP contribution in [-0.4, -0.2) is 46.8 Å². The largest absolute Gasteiger partial charge is 0.461 e. The van der Waals surface area contributed by atoms with Crippen molar-refractivity contribution >= 4 is 18.3 Å². The number of hydrogen-bond donors (Lipinski definition) is 0. The molecule has 0 aromatic rings. The van der Waals surface area contributed by atoms with Crippen LogP contribution in [-0.2, 0) is 23.3 Å². The van der Waals surface area contributed by atoms with Crippen molar-refractivity contribution in [2.45, 2.75) is 0 Å². The second-order valence-corrected chi connectivity index (χ2v) is 4.76. The van der Waals surface area contributed by atoms with E-state index in [1.54, 1.807) is 7.11 Å². The molecule has 0 saturated heterocycles. The molecule has 0 radical (unpaired) electrons. The van der Waals surface area contributed by atoms with Gasteiger partial charge in [0.05, 0.1) is 39.6 Å². The van der Waals surface area contributed by atoms with Gasteiger partial charge in [-0.05, 0) is 0 Å². The Hall–Kier alpha value is 0.290. The van der Waals surface area contributed by atoms with Gasteiger partial charge in [0, 0.05) is 18.4 Å². The molecule has 1 unspecified atom stereocenters. The van der Waals surface area contributed by atoms with Crippen molar-refractivity contribution in [3.8, 4) is 0 Å². The number of hydrogen-bond acceptors (Lipinski definition) is 5. The smallest absolute Gasteiger partial charge is 0.382 e. The van der Waals surface area contributed by atoms with E-state index >= 15 is 0 Å². The van der Waals surface area contributed by atoms with Crippen LogP contribution in [0.5, 0.6) is 0 Å². The molecule has 5 nitrogen and oxygen atoms in total. The first-order valence-corrected chi connectivity index (χ1v) is 6.76. The normalized spacial score (nSPS) is 15.1. The van der Waals surface area contributed by atoms with Crippen molar-refractivity contribution in [2.24, 2.45) is 0 Å². The van der Waals surface area contributed by atoms with Crippen molar-refractivity contribution in [1.82, 2.24) is 0 Å². The molecule has 15 heavy (non-hydrogen) atoms. The van der Waals surface area contributed by atoms with Crippen molar-refractivity contribution in [3.63, 3.8) is 0 Å². The minimum absolute atomic E-state index is 0.119. The van der Waals surface area contributed by atoms with Crippen molar-refractivity contribution < 1.29 is 27.5 Å². The minimum Gasteiger partial charge on any atom is -0.382 e. The Kier molecular flexibility index (Phi) is 9.70. The molecular weight excluding hydrogens is 249 g/mol. The van der Waals surface area contributed by atoms with E-state index in [0.29, 0.717) is 26.4 Å². The molecule has 0 bridgehead atoms. The first kappa shape index (κ1) is 15.3. The molecule has 0 rings (SSSR count).